The molecule has 5 nitrogen and oxygen atoms in total. The van der Waals surface area contributed by atoms with Crippen molar-refractivity contribution in [1.82, 2.24) is 5.32 Å². The zero-order valence-electron chi connectivity index (χ0n) is 8.23. The van der Waals surface area contributed by atoms with E-state index in [1.807, 2.05) is 0 Å². The summed E-state index contributed by atoms with van der Waals surface area (Å²) in [6.45, 7) is 1.08. The Morgan fingerprint density at radius 3 is 3.00 bits per heavy atom. The molecule has 1 amide bonds. The predicted molar refractivity (Wildman–Crippen MR) is 59.0 cm³/mol. The van der Waals surface area contributed by atoms with Crippen LogP contribution in [0.4, 0.5) is 5.69 Å². The Hall–Kier alpha value is -1.11. The van der Waals surface area contributed by atoms with E-state index in [1.54, 1.807) is 11.4 Å². The van der Waals surface area contributed by atoms with Crippen LogP contribution in [0.25, 0.3) is 0 Å². The second-order valence-electron chi connectivity index (χ2n) is 2.80. The molecule has 0 aliphatic heterocycles. The maximum atomic E-state index is 11.5. The van der Waals surface area contributed by atoms with E-state index in [0.717, 1.165) is 0 Å². The molecule has 1 aromatic rings. The van der Waals surface area contributed by atoms with Crippen LogP contribution in [0, 0.1) is 0 Å². The highest BCUT2D eigenvalue weighted by Gasteiger charge is 2.09. The molecule has 1 heterocycles. The van der Waals surface area contributed by atoms with Crippen molar-refractivity contribution in [3.63, 3.8) is 0 Å². The molecular weight excluding hydrogens is 216 g/mol. The smallest absolute Gasteiger partial charge is 0.263 e. The van der Waals surface area contributed by atoms with Gasteiger partial charge in [-0.2, -0.15) is 0 Å². The van der Waals surface area contributed by atoms with Crippen LogP contribution in [0.1, 0.15) is 9.67 Å². The first-order valence-corrected chi connectivity index (χ1v) is 5.43. The van der Waals surface area contributed by atoms with Crippen molar-refractivity contribution in [3.05, 3.63) is 16.3 Å². The summed E-state index contributed by atoms with van der Waals surface area (Å²) < 4.78 is 4.99. The maximum Gasteiger partial charge on any atom is 0.263 e. The highest BCUT2D eigenvalue weighted by atomic mass is 32.1. The maximum absolute atomic E-state index is 11.5. The van der Waals surface area contributed by atoms with Gasteiger partial charge in [-0.25, -0.2) is 0 Å². The van der Waals surface area contributed by atoms with Crippen molar-refractivity contribution >= 4 is 22.9 Å². The van der Waals surface area contributed by atoms with Crippen molar-refractivity contribution in [2.75, 3.05) is 32.1 Å². The molecule has 0 radical (unpaired) electrons. The number of rotatable bonds is 6. The van der Waals surface area contributed by atoms with Crippen LogP contribution in [-0.4, -0.2) is 37.4 Å². The highest BCUT2D eigenvalue weighted by molar-refractivity contribution is 7.12. The average molecular weight is 230 g/mol. The molecular formula is C9H14N2O3S. The molecule has 4 N–H and O–H groups in total. The van der Waals surface area contributed by atoms with Gasteiger partial charge in [0.15, 0.2) is 0 Å². The number of nitrogens with one attached hydrogen (secondary N) is 1. The van der Waals surface area contributed by atoms with E-state index in [-0.39, 0.29) is 19.1 Å². The Balaban J connectivity index is 2.22. The standard InChI is InChI=1S/C9H14N2O3S/c10-7-1-6-15-8(7)9(13)11-2-4-14-5-3-12/h1,6,12H,2-5,10H2,(H,11,13). The Kier molecular flexibility index (Phi) is 5.09. The molecule has 0 aliphatic rings. The molecule has 15 heavy (non-hydrogen) atoms. The largest absolute Gasteiger partial charge is 0.397 e. The monoisotopic (exact) mass is 230 g/mol. The lowest BCUT2D eigenvalue weighted by Gasteiger charge is -2.04. The molecule has 0 aromatic carbocycles. The van der Waals surface area contributed by atoms with Gasteiger partial charge < -0.3 is 20.9 Å². The number of carbonyl (C=O) groups excluding carboxylic acids is 1. The van der Waals surface area contributed by atoms with Gasteiger partial charge >= 0.3 is 0 Å². The van der Waals surface area contributed by atoms with Gasteiger partial charge in [-0.3, -0.25) is 4.79 Å². The number of aliphatic hydroxyl groups excluding tert-OH is 1. The van der Waals surface area contributed by atoms with E-state index in [9.17, 15) is 4.79 Å². The van der Waals surface area contributed by atoms with E-state index in [2.05, 4.69) is 5.32 Å². The highest BCUT2D eigenvalue weighted by Crippen LogP contribution is 2.17. The molecule has 0 aliphatic carbocycles. The number of thiophene rings is 1. The minimum absolute atomic E-state index is 0.00812. The molecule has 0 fully saturated rings. The normalized spacial score (nSPS) is 10.2. The SMILES string of the molecule is Nc1ccsc1C(=O)NCCOCCO. The third kappa shape index (κ3) is 3.86. The molecule has 0 bridgehead atoms. The number of nitrogen functional groups attached to an aromatic ring is 1. The van der Waals surface area contributed by atoms with Gasteiger partial charge in [0.25, 0.3) is 5.91 Å². The van der Waals surface area contributed by atoms with Crippen LogP contribution in [0.3, 0.4) is 0 Å². The van der Waals surface area contributed by atoms with Crippen LogP contribution in [0.5, 0.6) is 0 Å². The lowest BCUT2D eigenvalue weighted by molar-refractivity contribution is 0.0841. The van der Waals surface area contributed by atoms with Crippen LogP contribution in [0.15, 0.2) is 11.4 Å². The number of hydrogen-bond donors (Lipinski definition) is 3. The number of hydrogen-bond acceptors (Lipinski definition) is 5. The second kappa shape index (κ2) is 6.39. The van der Waals surface area contributed by atoms with Crippen LogP contribution in [0.2, 0.25) is 0 Å². The molecule has 84 valence electrons. The van der Waals surface area contributed by atoms with E-state index < -0.39 is 0 Å². The Bertz CT molecular complexity index is 314. The first-order chi connectivity index (χ1) is 7.25. The summed E-state index contributed by atoms with van der Waals surface area (Å²) in [7, 11) is 0. The van der Waals surface area contributed by atoms with E-state index in [1.165, 1.54) is 11.3 Å². The van der Waals surface area contributed by atoms with E-state index in [0.29, 0.717) is 23.7 Å². The summed E-state index contributed by atoms with van der Waals surface area (Å²) in [4.78, 5) is 12.0. The number of anilines is 1. The van der Waals surface area contributed by atoms with E-state index >= 15 is 0 Å². The molecule has 0 saturated heterocycles. The summed E-state index contributed by atoms with van der Waals surface area (Å²) in [5.41, 5.74) is 6.07. The van der Waals surface area contributed by atoms with Crippen molar-refractivity contribution in [2.45, 2.75) is 0 Å². The first-order valence-electron chi connectivity index (χ1n) is 4.55. The lowest BCUT2D eigenvalue weighted by Crippen LogP contribution is -2.27. The molecule has 0 atom stereocenters. The fourth-order valence-electron chi connectivity index (χ4n) is 0.987. The molecule has 0 spiro atoms. The van der Waals surface area contributed by atoms with Gasteiger partial charge in [0, 0.05) is 6.54 Å². The Morgan fingerprint density at radius 2 is 2.40 bits per heavy atom. The average Bonchev–Trinajstić information content (AvgIpc) is 2.64. The first kappa shape index (κ1) is 12.0. The molecule has 1 aromatic heterocycles. The molecule has 0 unspecified atom stereocenters. The number of nitrogens with two attached hydrogens (primary N) is 1. The summed E-state index contributed by atoms with van der Waals surface area (Å²) in [5.74, 6) is -0.185. The predicted octanol–water partition coefficient (Wildman–Crippen LogP) is 0.0690. The second-order valence-corrected chi connectivity index (χ2v) is 3.71. The van der Waals surface area contributed by atoms with Crippen molar-refractivity contribution in [1.29, 1.82) is 0 Å². The third-order valence-corrected chi connectivity index (χ3v) is 2.60. The summed E-state index contributed by atoms with van der Waals surface area (Å²) in [6, 6.07) is 1.70. The van der Waals surface area contributed by atoms with Crippen LogP contribution >= 0.6 is 11.3 Å². The summed E-state index contributed by atoms with van der Waals surface area (Å²) in [6.07, 6.45) is 0. The van der Waals surface area contributed by atoms with Crippen LogP contribution in [-0.2, 0) is 4.74 Å². The van der Waals surface area contributed by atoms with E-state index in [4.69, 9.17) is 15.6 Å². The quantitative estimate of drug-likeness (QED) is 0.604. The fraction of sp³-hybridized carbons (Fsp3) is 0.444. The number of ether oxygens (including phenoxy) is 1. The van der Waals surface area contributed by atoms with Crippen molar-refractivity contribution in [3.8, 4) is 0 Å². The zero-order chi connectivity index (χ0) is 11.1. The Labute approximate surface area is 91.9 Å². The van der Waals surface area contributed by atoms with Gasteiger partial charge in [0.2, 0.25) is 0 Å². The fourth-order valence-corrected chi connectivity index (χ4v) is 1.72. The third-order valence-electron chi connectivity index (χ3n) is 1.67. The minimum Gasteiger partial charge on any atom is -0.397 e. The van der Waals surface area contributed by atoms with Gasteiger partial charge in [-0.05, 0) is 11.4 Å². The summed E-state index contributed by atoms with van der Waals surface area (Å²) >= 11 is 1.31. The van der Waals surface area contributed by atoms with Gasteiger partial charge in [-0.15, -0.1) is 11.3 Å². The molecule has 1 rings (SSSR count). The van der Waals surface area contributed by atoms with Crippen molar-refractivity contribution < 1.29 is 14.6 Å². The molecule has 0 saturated carbocycles. The zero-order valence-corrected chi connectivity index (χ0v) is 9.05. The molecule has 6 heteroatoms. The topological polar surface area (TPSA) is 84.6 Å². The van der Waals surface area contributed by atoms with Crippen molar-refractivity contribution in [2.24, 2.45) is 0 Å². The minimum atomic E-state index is -0.185. The Morgan fingerprint density at radius 1 is 1.60 bits per heavy atom. The number of aliphatic hydroxyl groups is 1. The van der Waals surface area contributed by atoms with Gasteiger partial charge in [0.05, 0.1) is 25.5 Å². The number of carbonyl (C=O) groups is 1. The van der Waals surface area contributed by atoms with Gasteiger partial charge in [0.1, 0.15) is 4.88 Å². The lowest BCUT2D eigenvalue weighted by atomic mass is 10.4. The van der Waals surface area contributed by atoms with Crippen LogP contribution < -0.4 is 11.1 Å². The number of amides is 1. The van der Waals surface area contributed by atoms with Gasteiger partial charge in [-0.1, -0.05) is 0 Å². The summed E-state index contributed by atoms with van der Waals surface area (Å²) in [5, 5.41) is 12.9.